The number of carbonyl (C=O) groups excluding carboxylic acids is 4. The lowest BCUT2D eigenvalue weighted by Crippen LogP contribution is -2.52. The second-order valence-corrected chi connectivity index (χ2v) is 9.87. The van der Waals surface area contributed by atoms with E-state index in [1.54, 1.807) is 31.2 Å². The zero-order valence-corrected chi connectivity index (χ0v) is 22.0. The van der Waals surface area contributed by atoms with Crippen molar-refractivity contribution < 1.29 is 33.1 Å². The zero-order valence-electron chi connectivity index (χ0n) is 21.2. The number of Topliss-reactive ketones (excluding diaryl/α,β-unsaturated/α-hetero) is 1. The molecule has 1 unspecified atom stereocenters. The Morgan fingerprint density at radius 2 is 1.95 bits per heavy atom. The number of furan rings is 1. The molecular formula is C27H28ClFN4O6. The lowest BCUT2D eigenvalue weighted by atomic mass is 10.0. The third kappa shape index (κ3) is 6.55. The molecule has 0 aliphatic carbocycles. The maximum absolute atomic E-state index is 13.9. The average molecular weight is 559 g/mol. The third-order valence-electron chi connectivity index (χ3n) is 6.65. The molecule has 1 saturated heterocycles. The van der Waals surface area contributed by atoms with Crippen LogP contribution in [0.2, 0.25) is 5.02 Å². The van der Waals surface area contributed by atoms with Gasteiger partial charge in [0.05, 0.1) is 24.7 Å². The fourth-order valence-corrected chi connectivity index (χ4v) is 4.45. The van der Waals surface area contributed by atoms with Crippen molar-refractivity contribution in [1.82, 2.24) is 20.9 Å². The van der Waals surface area contributed by atoms with E-state index in [-0.39, 0.29) is 30.8 Å². The summed E-state index contributed by atoms with van der Waals surface area (Å²) in [6.07, 6.45) is -1.26. The van der Waals surface area contributed by atoms with Crippen LogP contribution in [-0.2, 0) is 16.1 Å². The van der Waals surface area contributed by atoms with E-state index in [0.717, 1.165) is 4.90 Å². The Morgan fingerprint density at radius 3 is 2.69 bits per heavy atom. The quantitative estimate of drug-likeness (QED) is 0.367. The third-order valence-corrected chi connectivity index (χ3v) is 6.88. The van der Waals surface area contributed by atoms with E-state index in [0.29, 0.717) is 16.0 Å². The van der Waals surface area contributed by atoms with Crippen molar-refractivity contribution in [3.05, 3.63) is 70.7 Å². The Kier molecular flexibility index (Phi) is 8.51. The van der Waals surface area contributed by atoms with Crippen molar-refractivity contribution >= 4 is 46.2 Å². The van der Waals surface area contributed by atoms with Crippen LogP contribution in [0.3, 0.4) is 0 Å². The maximum Gasteiger partial charge on any atom is 0.318 e. The fourth-order valence-electron chi connectivity index (χ4n) is 4.27. The Balaban J connectivity index is 1.35. The van der Waals surface area contributed by atoms with Gasteiger partial charge in [-0.25, -0.2) is 9.18 Å². The number of halogens is 2. The Morgan fingerprint density at radius 1 is 1.21 bits per heavy atom. The van der Waals surface area contributed by atoms with Crippen molar-refractivity contribution in [1.29, 1.82) is 0 Å². The SMILES string of the molecule is C[C@H](NC(=O)c1cc2cc(Cl)ccc2o1)C(=O)N[C@H]1CC(O)[C@@H](C)N(C(=O)NCc2ccccc2F)CC1=O. The molecule has 39 heavy (non-hydrogen) atoms. The molecule has 12 heteroatoms. The number of urea groups is 1. The van der Waals surface area contributed by atoms with Crippen LogP contribution in [0.15, 0.2) is 52.9 Å². The number of nitrogens with zero attached hydrogens (tertiary/aromatic N) is 1. The summed E-state index contributed by atoms with van der Waals surface area (Å²) >= 11 is 5.96. The predicted molar refractivity (Wildman–Crippen MR) is 141 cm³/mol. The van der Waals surface area contributed by atoms with Gasteiger partial charge in [0.1, 0.15) is 17.4 Å². The van der Waals surface area contributed by atoms with Gasteiger partial charge in [-0.05, 0) is 44.2 Å². The number of carbonyl (C=O) groups is 4. The van der Waals surface area contributed by atoms with Crippen LogP contribution in [0.4, 0.5) is 9.18 Å². The molecule has 3 aromatic rings. The first kappa shape index (κ1) is 28.1. The molecule has 0 spiro atoms. The summed E-state index contributed by atoms with van der Waals surface area (Å²) in [4.78, 5) is 52.3. The number of nitrogens with one attached hydrogen (secondary N) is 3. The minimum atomic E-state index is -1.13. The molecule has 0 saturated carbocycles. The van der Waals surface area contributed by atoms with E-state index < -0.39 is 53.7 Å². The number of rotatable bonds is 6. The van der Waals surface area contributed by atoms with Crippen molar-refractivity contribution in [2.45, 2.75) is 51.0 Å². The highest BCUT2D eigenvalue weighted by Gasteiger charge is 2.37. The van der Waals surface area contributed by atoms with Gasteiger partial charge < -0.3 is 30.4 Å². The number of benzene rings is 2. The van der Waals surface area contributed by atoms with Crippen LogP contribution in [0.1, 0.15) is 36.4 Å². The summed E-state index contributed by atoms with van der Waals surface area (Å²) in [5, 5.41) is 19.4. The lowest BCUT2D eigenvalue weighted by Gasteiger charge is -2.29. The van der Waals surface area contributed by atoms with Crippen molar-refractivity contribution in [2.75, 3.05) is 6.54 Å². The summed E-state index contributed by atoms with van der Waals surface area (Å²) in [7, 11) is 0. The van der Waals surface area contributed by atoms with E-state index in [4.69, 9.17) is 16.0 Å². The number of amides is 4. The molecule has 2 heterocycles. The van der Waals surface area contributed by atoms with E-state index in [9.17, 15) is 28.7 Å². The molecule has 206 valence electrons. The highest BCUT2D eigenvalue weighted by atomic mass is 35.5. The fraction of sp³-hybridized carbons (Fsp3) is 0.333. The second-order valence-electron chi connectivity index (χ2n) is 9.44. The van der Waals surface area contributed by atoms with Crippen molar-refractivity contribution in [2.24, 2.45) is 0 Å². The molecular weight excluding hydrogens is 531 g/mol. The minimum absolute atomic E-state index is 0.0151. The number of aliphatic hydroxyl groups excluding tert-OH is 1. The molecule has 4 rings (SSSR count). The molecule has 4 amide bonds. The van der Waals surface area contributed by atoms with Crippen LogP contribution >= 0.6 is 11.6 Å². The van der Waals surface area contributed by atoms with Crippen molar-refractivity contribution in [3.63, 3.8) is 0 Å². The summed E-state index contributed by atoms with van der Waals surface area (Å²) in [6.45, 7) is 2.53. The smallest absolute Gasteiger partial charge is 0.318 e. The highest BCUT2D eigenvalue weighted by molar-refractivity contribution is 6.31. The van der Waals surface area contributed by atoms with Gasteiger partial charge in [-0.15, -0.1) is 0 Å². The number of hydrogen-bond acceptors (Lipinski definition) is 6. The Labute approximate surface area is 228 Å². The maximum atomic E-state index is 13.9. The van der Waals surface area contributed by atoms with Crippen LogP contribution in [0, 0.1) is 5.82 Å². The molecule has 0 bridgehead atoms. The van der Waals surface area contributed by atoms with Crippen molar-refractivity contribution in [3.8, 4) is 0 Å². The molecule has 4 N–H and O–H groups in total. The van der Waals surface area contributed by atoms with Gasteiger partial charge in [0.2, 0.25) is 5.91 Å². The molecule has 0 radical (unpaired) electrons. The van der Waals surface area contributed by atoms with E-state index >= 15 is 0 Å². The van der Waals surface area contributed by atoms with Crippen LogP contribution < -0.4 is 16.0 Å². The van der Waals surface area contributed by atoms with Gasteiger partial charge in [-0.2, -0.15) is 0 Å². The van der Waals surface area contributed by atoms with Crippen LogP contribution in [0.5, 0.6) is 0 Å². The molecule has 1 aliphatic rings. The zero-order chi connectivity index (χ0) is 28.3. The van der Waals surface area contributed by atoms with Gasteiger partial charge in [0.25, 0.3) is 5.91 Å². The monoisotopic (exact) mass is 558 g/mol. The second kappa shape index (κ2) is 11.8. The number of hydrogen-bond donors (Lipinski definition) is 4. The summed E-state index contributed by atoms with van der Waals surface area (Å²) in [5.74, 6) is -2.28. The largest absolute Gasteiger partial charge is 0.451 e. The number of aliphatic hydroxyl groups is 1. The molecule has 2 aromatic carbocycles. The molecule has 1 fully saturated rings. The van der Waals surface area contributed by atoms with Crippen LogP contribution in [-0.4, -0.2) is 64.4 Å². The molecule has 1 aromatic heterocycles. The van der Waals surface area contributed by atoms with E-state index in [2.05, 4.69) is 16.0 Å². The average Bonchev–Trinajstić information content (AvgIpc) is 3.29. The number of likely N-dealkylation sites (tertiary alicyclic amines) is 1. The first-order chi connectivity index (χ1) is 18.5. The number of ketones is 1. The molecule has 4 atom stereocenters. The Bertz CT molecular complexity index is 1410. The van der Waals surface area contributed by atoms with Gasteiger partial charge >= 0.3 is 6.03 Å². The number of fused-ring (bicyclic) bond motifs is 1. The summed E-state index contributed by atoms with van der Waals surface area (Å²) in [6, 6.07) is 8.80. The lowest BCUT2D eigenvalue weighted by molar-refractivity contribution is -0.128. The highest BCUT2D eigenvalue weighted by Crippen LogP contribution is 2.23. The topological polar surface area (TPSA) is 141 Å². The first-order valence-corrected chi connectivity index (χ1v) is 12.7. The normalized spacial score (nSPS) is 20.3. The summed E-state index contributed by atoms with van der Waals surface area (Å²) < 4.78 is 19.4. The first-order valence-electron chi connectivity index (χ1n) is 12.3. The summed E-state index contributed by atoms with van der Waals surface area (Å²) in [5.41, 5.74) is 0.726. The predicted octanol–water partition coefficient (Wildman–Crippen LogP) is 2.76. The molecule has 1 aliphatic heterocycles. The van der Waals surface area contributed by atoms with E-state index in [1.165, 1.54) is 31.2 Å². The molecule has 10 nitrogen and oxygen atoms in total. The minimum Gasteiger partial charge on any atom is -0.451 e. The van der Waals surface area contributed by atoms with Gasteiger partial charge in [0.15, 0.2) is 11.5 Å². The van der Waals surface area contributed by atoms with Gasteiger partial charge in [-0.3, -0.25) is 14.4 Å². The Hall–Kier alpha value is -3.96. The van der Waals surface area contributed by atoms with Crippen LogP contribution in [0.25, 0.3) is 11.0 Å². The standard InChI is InChI=1S/C27H28ClFN4O6/c1-14(31-26(37)24-10-17-9-18(28)7-8-23(17)39-24)25(36)32-20-11-21(34)15(2)33(13-22(20)35)27(38)30-12-16-5-3-4-6-19(16)29/h3-10,14-15,20-21,34H,11-13H2,1-2H3,(H,30,38)(H,31,37)(H,32,36)/t14-,15+,20-,21?/m0/s1. The van der Waals surface area contributed by atoms with Gasteiger partial charge in [-0.1, -0.05) is 29.8 Å². The van der Waals surface area contributed by atoms with E-state index in [1.807, 2.05) is 0 Å². The van der Waals surface area contributed by atoms with Gasteiger partial charge in [0, 0.05) is 28.9 Å².